The molecule has 0 aliphatic heterocycles. The second kappa shape index (κ2) is 8.67. The topological polar surface area (TPSA) is 64.3 Å². The van der Waals surface area contributed by atoms with E-state index in [4.69, 9.17) is 10.5 Å². The third-order valence-corrected chi connectivity index (χ3v) is 3.06. The van der Waals surface area contributed by atoms with Gasteiger partial charge in [-0.25, -0.2) is 0 Å². The third kappa shape index (κ3) is 5.85. The molecule has 4 heteroatoms. The lowest BCUT2D eigenvalue weighted by Gasteiger charge is -2.12. The Balaban J connectivity index is 2.43. The second-order valence-corrected chi connectivity index (χ2v) is 4.80. The van der Waals surface area contributed by atoms with Gasteiger partial charge in [0.2, 0.25) is 5.91 Å². The molecule has 0 fully saturated rings. The van der Waals surface area contributed by atoms with Crippen molar-refractivity contribution in [3.05, 3.63) is 35.4 Å². The predicted octanol–water partition coefficient (Wildman–Crippen LogP) is 1.82. The molecule has 0 aliphatic carbocycles. The number of carbonyl (C=O) groups excluding carboxylic acids is 1. The van der Waals surface area contributed by atoms with Crippen LogP contribution in [0.25, 0.3) is 0 Å². The van der Waals surface area contributed by atoms with E-state index in [0.717, 1.165) is 24.0 Å². The van der Waals surface area contributed by atoms with Gasteiger partial charge in [0.1, 0.15) is 0 Å². The Morgan fingerprint density at radius 2 is 2.16 bits per heavy atom. The van der Waals surface area contributed by atoms with Crippen LogP contribution in [0.3, 0.4) is 0 Å². The molecule has 0 spiro atoms. The lowest BCUT2D eigenvalue weighted by molar-refractivity contribution is -0.124. The molecule has 4 nitrogen and oxygen atoms in total. The SMILES string of the molecule is COCc1cccc(CNC(=O)C(C)CCCN)c1. The number of hydrogen-bond donors (Lipinski definition) is 2. The van der Waals surface area contributed by atoms with Gasteiger partial charge in [0.15, 0.2) is 0 Å². The van der Waals surface area contributed by atoms with Crippen molar-refractivity contribution >= 4 is 5.91 Å². The first-order chi connectivity index (χ1) is 9.17. The molecule has 1 amide bonds. The molecule has 1 aromatic rings. The number of benzene rings is 1. The summed E-state index contributed by atoms with van der Waals surface area (Å²) >= 11 is 0. The van der Waals surface area contributed by atoms with Crippen molar-refractivity contribution in [2.75, 3.05) is 13.7 Å². The summed E-state index contributed by atoms with van der Waals surface area (Å²) in [4.78, 5) is 11.9. The van der Waals surface area contributed by atoms with Crippen molar-refractivity contribution in [3.8, 4) is 0 Å². The average Bonchev–Trinajstić information content (AvgIpc) is 2.43. The molecule has 19 heavy (non-hydrogen) atoms. The van der Waals surface area contributed by atoms with Crippen LogP contribution >= 0.6 is 0 Å². The van der Waals surface area contributed by atoms with Gasteiger partial charge in [-0.3, -0.25) is 4.79 Å². The van der Waals surface area contributed by atoms with E-state index in [1.807, 2.05) is 31.2 Å². The fraction of sp³-hybridized carbons (Fsp3) is 0.533. The summed E-state index contributed by atoms with van der Waals surface area (Å²) < 4.78 is 5.09. The van der Waals surface area contributed by atoms with E-state index in [1.165, 1.54) is 0 Å². The lowest BCUT2D eigenvalue weighted by atomic mass is 10.0. The van der Waals surface area contributed by atoms with E-state index in [9.17, 15) is 4.79 Å². The first kappa shape index (κ1) is 15.7. The average molecular weight is 264 g/mol. The predicted molar refractivity (Wildman–Crippen MR) is 76.5 cm³/mol. The van der Waals surface area contributed by atoms with Gasteiger partial charge in [0.25, 0.3) is 0 Å². The lowest BCUT2D eigenvalue weighted by Crippen LogP contribution is -2.29. The number of carbonyl (C=O) groups is 1. The van der Waals surface area contributed by atoms with Crippen molar-refractivity contribution in [1.29, 1.82) is 0 Å². The summed E-state index contributed by atoms with van der Waals surface area (Å²) in [5.74, 6) is 0.108. The van der Waals surface area contributed by atoms with Crippen molar-refractivity contribution in [2.45, 2.75) is 32.9 Å². The highest BCUT2D eigenvalue weighted by molar-refractivity contribution is 5.78. The summed E-state index contributed by atoms with van der Waals surface area (Å²) in [5.41, 5.74) is 7.65. The van der Waals surface area contributed by atoms with Crippen LogP contribution in [0.4, 0.5) is 0 Å². The van der Waals surface area contributed by atoms with Gasteiger partial charge in [-0.1, -0.05) is 31.2 Å². The zero-order chi connectivity index (χ0) is 14.1. The fourth-order valence-corrected chi connectivity index (χ4v) is 1.91. The molecule has 0 radical (unpaired) electrons. The smallest absolute Gasteiger partial charge is 0.223 e. The number of amides is 1. The van der Waals surface area contributed by atoms with E-state index in [0.29, 0.717) is 19.7 Å². The molecule has 0 saturated carbocycles. The Morgan fingerprint density at radius 1 is 1.42 bits per heavy atom. The maximum atomic E-state index is 11.9. The molecule has 1 aromatic carbocycles. The maximum absolute atomic E-state index is 11.9. The molecule has 3 N–H and O–H groups in total. The Bertz CT molecular complexity index is 393. The molecule has 0 saturated heterocycles. The Hall–Kier alpha value is -1.39. The van der Waals surface area contributed by atoms with Gasteiger partial charge in [-0.15, -0.1) is 0 Å². The molecule has 0 aromatic heterocycles. The summed E-state index contributed by atoms with van der Waals surface area (Å²) in [6.07, 6.45) is 1.73. The van der Waals surface area contributed by atoms with Crippen LogP contribution in [-0.4, -0.2) is 19.6 Å². The number of rotatable bonds is 8. The first-order valence-corrected chi connectivity index (χ1v) is 6.72. The molecule has 106 valence electrons. The third-order valence-electron chi connectivity index (χ3n) is 3.06. The van der Waals surface area contributed by atoms with Crippen LogP contribution in [0, 0.1) is 5.92 Å². The number of ether oxygens (including phenoxy) is 1. The van der Waals surface area contributed by atoms with Crippen molar-refractivity contribution in [1.82, 2.24) is 5.32 Å². The molecule has 1 unspecified atom stereocenters. The van der Waals surface area contributed by atoms with Gasteiger partial charge in [0, 0.05) is 19.6 Å². The highest BCUT2D eigenvalue weighted by atomic mass is 16.5. The minimum absolute atomic E-state index is 0.0192. The number of nitrogens with two attached hydrogens (primary N) is 1. The van der Waals surface area contributed by atoms with Crippen molar-refractivity contribution < 1.29 is 9.53 Å². The van der Waals surface area contributed by atoms with E-state index < -0.39 is 0 Å². The minimum atomic E-state index is 0.0192. The summed E-state index contributed by atoms with van der Waals surface area (Å²) in [5, 5.41) is 2.96. The summed E-state index contributed by atoms with van der Waals surface area (Å²) in [7, 11) is 1.67. The fourth-order valence-electron chi connectivity index (χ4n) is 1.91. The molecule has 0 aliphatic rings. The Morgan fingerprint density at radius 3 is 2.84 bits per heavy atom. The van der Waals surface area contributed by atoms with Crippen molar-refractivity contribution in [2.24, 2.45) is 11.7 Å². The molecule has 1 atom stereocenters. The largest absolute Gasteiger partial charge is 0.380 e. The highest BCUT2D eigenvalue weighted by Crippen LogP contribution is 2.08. The number of hydrogen-bond acceptors (Lipinski definition) is 3. The zero-order valence-corrected chi connectivity index (χ0v) is 11.8. The van der Waals surface area contributed by atoms with Crippen LogP contribution < -0.4 is 11.1 Å². The number of methoxy groups -OCH3 is 1. The standard InChI is InChI=1S/C15H24N2O2/c1-12(5-4-8-16)15(18)17-10-13-6-3-7-14(9-13)11-19-2/h3,6-7,9,12H,4-5,8,10-11,16H2,1-2H3,(H,17,18). The first-order valence-electron chi connectivity index (χ1n) is 6.72. The van der Waals surface area contributed by atoms with E-state index >= 15 is 0 Å². The minimum Gasteiger partial charge on any atom is -0.380 e. The van der Waals surface area contributed by atoms with Crippen LogP contribution in [0.2, 0.25) is 0 Å². The summed E-state index contributed by atoms with van der Waals surface area (Å²) in [6.45, 7) is 3.72. The zero-order valence-electron chi connectivity index (χ0n) is 11.8. The Labute approximate surface area is 115 Å². The van der Waals surface area contributed by atoms with Gasteiger partial charge in [0.05, 0.1) is 6.61 Å². The van der Waals surface area contributed by atoms with Gasteiger partial charge < -0.3 is 15.8 Å². The van der Waals surface area contributed by atoms with Crippen LogP contribution in [0.1, 0.15) is 30.9 Å². The van der Waals surface area contributed by atoms with E-state index in [1.54, 1.807) is 7.11 Å². The maximum Gasteiger partial charge on any atom is 0.223 e. The quantitative estimate of drug-likeness (QED) is 0.753. The van der Waals surface area contributed by atoms with Crippen LogP contribution in [-0.2, 0) is 22.7 Å². The molecule has 0 heterocycles. The monoisotopic (exact) mass is 264 g/mol. The molecular formula is C15H24N2O2. The molecule has 1 rings (SSSR count). The van der Waals surface area contributed by atoms with Gasteiger partial charge in [-0.2, -0.15) is 0 Å². The highest BCUT2D eigenvalue weighted by Gasteiger charge is 2.11. The Kier molecular flexibility index (Phi) is 7.15. The normalized spacial score (nSPS) is 12.2. The second-order valence-electron chi connectivity index (χ2n) is 4.80. The summed E-state index contributed by atoms with van der Waals surface area (Å²) in [6, 6.07) is 8.05. The molecular weight excluding hydrogens is 240 g/mol. The van der Waals surface area contributed by atoms with E-state index in [2.05, 4.69) is 5.32 Å². The van der Waals surface area contributed by atoms with Crippen LogP contribution in [0.15, 0.2) is 24.3 Å². The van der Waals surface area contributed by atoms with Crippen LogP contribution in [0.5, 0.6) is 0 Å². The van der Waals surface area contributed by atoms with Gasteiger partial charge >= 0.3 is 0 Å². The van der Waals surface area contributed by atoms with Crippen molar-refractivity contribution in [3.63, 3.8) is 0 Å². The van der Waals surface area contributed by atoms with Gasteiger partial charge in [-0.05, 0) is 30.5 Å². The number of nitrogens with one attached hydrogen (secondary N) is 1. The van der Waals surface area contributed by atoms with E-state index in [-0.39, 0.29) is 11.8 Å². The molecule has 0 bridgehead atoms.